The van der Waals surface area contributed by atoms with Crippen LogP contribution in [0.2, 0.25) is 0 Å². The topological polar surface area (TPSA) is 107 Å². The second-order valence-corrected chi connectivity index (χ2v) is 6.00. The molecule has 3 rings (SSSR count). The van der Waals surface area contributed by atoms with Crippen molar-refractivity contribution in [2.75, 3.05) is 5.32 Å². The van der Waals surface area contributed by atoms with Gasteiger partial charge in [0.1, 0.15) is 17.5 Å². The second kappa shape index (κ2) is 7.74. The minimum Gasteiger partial charge on any atom is -0.441 e. The molecule has 138 valence electrons. The van der Waals surface area contributed by atoms with E-state index >= 15 is 0 Å². The quantitative estimate of drug-likeness (QED) is 0.709. The van der Waals surface area contributed by atoms with Crippen LogP contribution in [-0.4, -0.2) is 17.2 Å². The average Bonchev–Trinajstić information content (AvgIpc) is 3.03. The van der Waals surface area contributed by atoms with Gasteiger partial charge in [0.25, 0.3) is 0 Å². The molecule has 3 N–H and O–H groups in total. The zero-order valence-electron chi connectivity index (χ0n) is 14.9. The van der Waals surface area contributed by atoms with Gasteiger partial charge in [-0.3, -0.25) is 10.1 Å². The number of ether oxygens (including phenoxy) is 1. The summed E-state index contributed by atoms with van der Waals surface area (Å²) in [6.07, 6.45) is -1.03. The third-order valence-electron chi connectivity index (χ3n) is 4.07. The average molecular weight is 365 g/mol. The summed E-state index contributed by atoms with van der Waals surface area (Å²) >= 11 is 0. The highest BCUT2D eigenvalue weighted by Crippen LogP contribution is 2.31. The Morgan fingerprint density at radius 2 is 1.78 bits per heavy atom. The molecule has 0 unspecified atom stereocenters. The van der Waals surface area contributed by atoms with Gasteiger partial charge in [-0.2, -0.15) is 0 Å². The van der Waals surface area contributed by atoms with Crippen molar-refractivity contribution >= 4 is 17.7 Å². The number of nitrogens with zero attached hydrogens (tertiary/aromatic N) is 1. The van der Waals surface area contributed by atoms with E-state index in [1.54, 1.807) is 38.1 Å². The lowest BCUT2D eigenvalue weighted by Gasteiger charge is -2.14. The smallest absolute Gasteiger partial charge is 0.412 e. The predicted octanol–water partition coefficient (Wildman–Crippen LogP) is 4.06. The lowest BCUT2D eigenvalue weighted by atomic mass is 10.1. The summed E-state index contributed by atoms with van der Waals surface area (Å²) in [5.74, 6) is -0.153. The van der Waals surface area contributed by atoms with Gasteiger partial charge >= 0.3 is 6.09 Å². The lowest BCUT2D eigenvalue weighted by Crippen LogP contribution is -2.16. The Morgan fingerprint density at radius 1 is 1.11 bits per heavy atom. The van der Waals surface area contributed by atoms with Gasteiger partial charge in [-0.25, -0.2) is 4.79 Å². The van der Waals surface area contributed by atoms with Gasteiger partial charge in [-0.1, -0.05) is 47.6 Å². The molecule has 27 heavy (non-hydrogen) atoms. The number of benzene rings is 2. The molecule has 0 radical (unpaired) electrons. The maximum Gasteiger partial charge on any atom is 0.412 e. The number of aryl methyl sites for hydroxylation is 1. The number of aromatic nitrogens is 1. The molecule has 0 saturated heterocycles. The zero-order chi connectivity index (χ0) is 19.4. The van der Waals surface area contributed by atoms with Crippen LogP contribution in [0, 0.1) is 6.92 Å². The first kappa shape index (κ1) is 18.2. The van der Waals surface area contributed by atoms with Gasteiger partial charge in [0.05, 0.1) is 0 Å². The fourth-order valence-electron chi connectivity index (χ4n) is 2.58. The van der Waals surface area contributed by atoms with Gasteiger partial charge in [0.15, 0.2) is 5.76 Å². The monoisotopic (exact) mass is 365 g/mol. The van der Waals surface area contributed by atoms with Crippen LogP contribution in [-0.2, 0) is 4.74 Å². The first-order valence-electron chi connectivity index (χ1n) is 8.35. The SMILES string of the molecule is Cc1noc(-c2ccc(C(N)=O)cc2)c1NC(=O)O[C@H](C)c1ccccc1. The van der Waals surface area contributed by atoms with Crippen molar-refractivity contribution in [2.45, 2.75) is 20.0 Å². The number of hydrogen-bond donors (Lipinski definition) is 2. The molecule has 0 aliphatic carbocycles. The maximum absolute atomic E-state index is 12.3. The summed E-state index contributed by atoms with van der Waals surface area (Å²) in [5, 5.41) is 6.59. The number of hydrogen-bond acceptors (Lipinski definition) is 5. The van der Waals surface area contributed by atoms with E-state index in [1.807, 2.05) is 30.3 Å². The lowest BCUT2D eigenvalue weighted by molar-refractivity contribution is 0.1000. The normalized spacial score (nSPS) is 11.6. The fraction of sp³-hybridized carbons (Fsp3) is 0.150. The molecule has 3 aromatic rings. The summed E-state index contributed by atoms with van der Waals surface area (Å²) in [6, 6.07) is 15.9. The Bertz CT molecular complexity index is 949. The van der Waals surface area contributed by atoms with Crippen molar-refractivity contribution < 1.29 is 18.8 Å². The number of amides is 2. The van der Waals surface area contributed by atoms with Crippen molar-refractivity contribution in [3.63, 3.8) is 0 Å². The molecule has 0 aliphatic heterocycles. The molecule has 1 atom stereocenters. The first-order chi connectivity index (χ1) is 13.0. The maximum atomic E-state index is 12.3. The molecule has 0 aliphatic rings. The molecule has 0 saturated carbocycles. The minimum atomic E-state index is -0.618. The van der Waals surface area contributed by atoms with Crippen LogP contribution in [0.5, 0.6) is 0 Å². The number of rotatable bonds is 5. The summed E-state index contributed by atoms with van der Waals surface area (Å²) in [5.41, 5.74) is 8.07. The summed E-state index contributed by atoms with van der Waals surface area (Å²) in [6.45, 7) is 3.50. The summed E-state index contributed by atoms with van der Waals surface area (Å²) in [7, 11) is 0. The number of carbonyl (C=O) groups is 2. The van der Waals surface area contributed by atoms with Crippen molar-refractivity contribution in [2.24, 2.45) is 5.73 Å². The number of primary amides is 1. The minimum absolute atomic E-state index is 0.368. The molecule has 0 spiro atoms. The van der Waals surface area contributed by atoms with E-state index in [2.05, 4.69) is 10.5 Å². The molecule has 7 nitrogen and oxygen atoms in total. The summed E-state index contributed by atoms with van der Waals surface area (Å²) in [4.78, 5) is 23.5. The fourth-order valence-corrected chi connectivity index (χ4v) is 2.58. The Hall–Kier alpha value is -3.61. The predicted molar refractivity (Wildman–Crippen MR) is 100 cm³/mol. The third-order valence-corrected chi connectivity index (χ3v) is 4.07. The van der Waals surface area contributed by atoms with Crippen molar-refractivity contribution in [1.82, 2.24) is 5.16 Å². The molecule has 1 heterocycles. The van der Waals surface area contributed by atoms with E-state index < -0.39 is 18.1 Å². The Balaban J connectivity index is 1.76. The highest BCUT2D eigenvalue weighted by atomic mass is 16.6. The molecule has 7 heteroatoms. The number of nitrogens with two attached hydrogens (primary N) is 1. The molecule has 0 bridgehead atoms. The largest absolute Gasteiger partial charge is 0.441 e. The first-order valence-corrected chi connectivity index (χ1v) is 8.35. The van der Waals surface area contributed by atoms with Crippen LogP contribution in [0.3, 0.4) is 0 Å². The van der Waals surface area contributed by atoms with Crippen LogP contribution in [0.4, 0.5) is 10.5 Å². The van der Waals surface area contributed by atoms with Crippen LogP contribution < -0.4 is 11.1 Å². The Kier molecular flexibility index (Phi) is 5.21. The molecule has 1 aromatic heterocycles. The number of carbonyl (C=O) groups excluding carboxylic acids is 2. The zero-order valence-corrected chi connectivity index (χ0v) is 14.9. The van der Waals surface area contributed by atoms with E-state index in [9.17, 15) is 9.59 Å². The van der Waals surface area contributed by atoms with Gasteiger partial charge < -0.3 is 15.0 Å². The highest BCUT2D eigenvalue weighted by Gasteiger charge is 2.20. The van der Waals surface area contributed by atoms with E-state index in [0.717, 1.165) is 5.56 Å². The van der Waals surface area contributed by atoms with Crippen LogP contribution >= 0.6 is 0 Å². The van der Waals surface area contributed by atoms with Crippen LogP contribution in [0.15, 0.2) is 59.1 Å². The molecule has 2 amide bonds. The number of anilines is 1. The van der Waals surface area contributed by atoms with E-state index in [4.69, 9.17) is 15.0 Å². The van der Waals surface area contributed by atoms with E-state index in [1.165, 1.54) is 0 Å². The highest BCUT2D eigenvalue weighted by molar-refractivity contribution is 5.94. The molecule has 0 fully saturated rings. The van der Waals surface area contributed by atoms with Gasteiger partial charge in [-0.15, -0.1) is 0 Å². The summed E-state index contributed by atoms with van der Waals surface area (Å²) < 4.78 is 10.8. The van der Waals surface area contributed by atoms with Gasteiger partial charge in [0, 0.05) is 11.1 Å². The van der Waals surface area contributed by atoms with Crippen molar-refractivity contribution in [3.05, 3.63) is 71.4 Å². The van der Waals surface area contributed by atoms with E-state index in [0.29, 0.717) is 28.3 Å². The van der Waals surface area contributed by atoms with Crippen molar-refractivity contribution in [1.29, 1.82) is 0 Å². The number of nitrogens with one attached hydrogen (secondary N) is 1. The van der Waals surface area contributed by atoms with E-state index in [-0.39, 0.29) is 0 Å². The third kappa shape index (κ3) is 4.14. The van der Waals surface area contributed by atoms with Gasteiger partial charge in [0.2, 0.25) is 5.91 Å². The molecular weight excluding hydrogens is 346 g/mol. The molecular formula is C20H19N3O4. The van der Waals surface area contributed by atoms with Crippen LogP contribution in [0.25, 0.3) is 11.3 Å². The Morgan fingerprint density at radius 3 is 2.41 bits per heavy atom. The Labute approximate surface area is 156 Å². The molecule has 2 aromatic carbocycles. The van der Waals surface area contributed by atoms with Crippen LogP contribution in [0.1, 0.15) is 34.6 Å². The van der Waals surface area contributed by atoms with Gasteiger partial charge in [-0.05, 0) is 31.5 Å². The van der Waals surface area contributed by atoms with Crippen molar-refractivity contribution in [3.8, 4) is 11.3 Å². The second-order valence-electron chi connectivity index (χ2n) is 6.00. The standard InChI is InChI=1S/C20H19N3O4/c1-12-17(22-20(25)26-13(2)14-6-4-3-5-7-14)18(27-23-12)15-8-10-16(11-9-15)19(21)24/h3-11,13H,1-2H3,(H2,21,24)(H,22,25)/t13-/m1/s1.